The predicted molar refractivity (Wildman–Crippen MR) is 145 cm³/mol. The molecule has 1 aliphatic heterocycles. The summed E-state index contributed by atoms with van der Waals surface area (Å²) < 4.78 is 46.4. The number of aliphatic hydroxyl groups excluding tert-OH is 1. The SMILES string of the molecule is COc1ccc2ncc(CO)c(CCCC3(CC(=O)O)CCN(CCSc4c(F)cc(F)cc4F)CC3)c2c1. The first kappa shape index (κ1) is 29.2. The minimum absolute atomic E-state index is 0.0827. The average Bonchev–Trinajstić information content (AvgIpc) is 2.90. The Morgan fingerprint density at radius 1 is 1.15 bits per heavy atom. The van der Waals surface area contributed by atoms with E-state index in [-0.39, 0.29) is 23.3 Å². The van der Waals surface area contributed by atoms with Gasteiger partial charge in [-0.05, 0) is 79.9 Å². The van der Waals surface area contributed by atoms with Gasteiger partial charge in [0.25, 0.3) is 0 Å². The number of hydrogen-bond acceptors (Lipinski definition) is 6. The van der Waals surface area contributed by atoms with Crippen molar-refractivity contribution in [3.05, 3.63) is 65.1 Å². The third kappa shape index (κ3) is 7.23. The molecule has 0 bridgehead atoms. The lowest BCUT2D eigenvalue weighted by Crippen LogP contribution is -2.42. The van der Waals surface area contributed by atoms with Crippen LogP contribution in [0.4, 0.5) is 13.2 Å². The molecule has 10 heteroatoms. The molecule has 1 aliphatic rings. The Morgan fingerprint density at radius 3 is 2.51 bits per heavy atom. The molecule has 0 amide bonds. The van der Waals surface area contributed by atoms with Gasteiger partial charge < -0.3 is 19.8 Å². The number of carbonyl (C=O) groups is 1. The minimum Gasteiger partial charge on any atom is -0.497 e. The van der Waals surface area contributed by atoms with Crippen LogP contribution in [0, 0.1) is 22.9 Å². The molecule has 39 heavy (non-hydrogen) atoms. The standard InChI is InChI=1S/C29H33F3N2O4S/c1-38-21-4-5-26-23(15-21)22(19(18-35)17-33-26)3-2-6-29(16-27(36)37)7-9-34(10-8-29)11-12-39-28-24(31)13-20(30)14-25(28)32/h4-5,13-15,17,35H,2-3,6-12,16,18H2,1H3,(H,36,37). The molecule has 0 unspecified atom stereocenters. The number of rotatable bonds is 12. The maximum atomic E-state index is 13.9. The van der Waals surface area contributed by atoms with Crippen molar-refractivity contribution in [3.63, 3.8) is 0 Å². The lowest BCUT2D eigenvalue weighted by Gasteiger charge is -2.41. The van der Waals surface area contributed by atoms with Gasteiger partial charge in [-0.3, -0.25) is 9.78 Å². The minimum atomic E-state index is -0.940. The Hall–Kier alpha value is -2.82. The zero-order valence-electron chi connectivity index (χ0n) is 21.9. The van der Waals surface area contributed by atoms with Gasteiger partial charge in [0.2, 0.25) is 0 Å². The number of aliphatic carboxylic acids is 1. The Labute approximate surface area is 230 Å². The molecule has 1 fully saturated rings. The lowest BCUT2D eigenvalue weighted by molar-refractivity contribution is -0.140. The van der Waals surface area contributed by atoms with Crippen molar-refractivity contribution in [3.8, 4) is 5.75 Å². The summed E-state index contributed by atoms with van der Waals surface area (Å²) in [5.41, 5.74) is 2.23. The Morgan fingerprint density at radius 2 is 1.87 bits per heavy atom. The normalized spacial score (nSPS) is 15.5. The molecule has 2 heterocycles. The van der Waals surface area contributed by atoms with Gasteiger partial charge in [0.15, 0.2) is 0 Å². The van der Waals surface area contributed by atoms with Crippen LogP contribution in [0.15, 0.2) is 41.4 Å². The van der Waals surface area contributed by atoms with E-state index in [0.29, 0.717) is 62.5 Å². The fraction of sp³-hybridized carbons (Fsp3) is 0.448. The van der Waals surface area contributed by atoms with Gasteiger partial charge in [0.05, 0.1) is 30.5 Å². The number of hydrogen-bond donors (Lipinski definition) is 2. The van der Waals surface area contributed by atoms with Crippen LogP contribution in [0.1, 0.15) is 43.2 Å². The molecular formula is C29H33F3N2O4S. The molecule has 1 aromatic heterocycles. The van der Waals surface area contributed by atoms with Gasteiger partial charge >= 0.3 is 5.97 Å². The summed E-state index contributed by atoms with van der Waals surface area (Å²) in [4.78, 5) is 18.2. The molecular weight excluding hydrogens is 529 g/mol. The quantitative estimate of drug-likeness (QED) is 0.269. The van der Waals surface area contributed by atoms with Crippen LogP contribution in [-0.4, -0.2) is 58.6 Å². The summed E-state index contributed by atoms with van der Waals surface area (Å²) in [5.74, 6) is -2.42. The molecule has 210 valence electrons. The number of halogens is 3. The van der Waals surface area contributed by atoms with E-state index in [4.69, 9.17) is 4.74 Å². The fourth-order valence-corrected chi connectivity index (χ4v) is 6.44. The fourth-order valence-electron chi connectivity index (χ4n) is 5.50. The van der Waals surface area contributed by atoms with Gasteiger partial charge in [0.1, 0.15) is 23.2 Å². The van der Waals surface area contributed by atoms with E-state index in [1.807, 2.05) is 18.2 Å². The van der Waals surface area contributed by atoms with Crippen LogP contribution in [0.2, 0.25) is 0 Å². The van der Waals surface area contributed by atoms with Crippen molar-refractivity contribution in [2.75, 3.05) is 32.5 Å². The number of aliphatic hydroxyl groups is 1. The molecule has 6 nitrogen and oxygen atoms in total. The number of aromatic nitrogens is 1. The van der Waals surface area contributed by atoms with Crippen molar-refractivity contribution in [1.29, 1.82) is 0 Å². The molecule has 1 saturated heterocycles. The van der Waals surface area contributed by atoms with E-state index < -0.39 is 23.4 Å². The van der Waals surface area contributed by atoms with Crippen LogP contribution in [0.25, 0.3) is 10.9 Å². The second-order valence-corrected chi connectivity index (χ2v) is 11.2. The molecule has 0 radical (unpaired) electrons. The number of ether oxygens (including phenoxy) is 1. The number of carboxylic acids is 1. The van der Waals surface area contributed by atoms with Crippen LogP contribution < -0.4 is 4.74 Å². The molecule has 0 saturated carbocycles. The van der Waals surface area contributed by atoms with Crippen LogP contribution in [0.5, 0.6) is 5.75 Å². The van der Waals surface area contributed by atoms with Gasteiger partial charge in [0, 0.05) is 36.0 Å². The number of aryl methyl sites for hydroxylation is 1. The summed E-state index contributed by atoms with van der Waals surface area (Å²) in [7, 11) is 1.60. The van der Waals surface area contributed by atoms with Crippen molar-refractivity contribution < 1.29 is 32.9 Å². The number of likely N-dealkylation sites (tertiary alicyclic amines) is 1. The highest BCUT2D eigenvalue weighted by molar-refractivity contribution is 7.99. The average molecular weight is 563 g/mol. The van der Waals surface area contributed by atoms with Crippen LogP contribution >= 0.6 is 11.8 Å². The highest BCUT2D eigenvalue weighted by atomic mass is 32.2. The number of fused-ring (bicyclic) bond motifs is 1. The number of pyridine rings is 1. The number of carboxylic acid groups (broad SMARTS) is 1. The molecule has 2 N–H and O–H groups in total. The van der Waals surface area contributed by atoms with E-state index in [1.54, 1.807) is 13.3 Å². The molecule has 0 atom stereocenters. The Balaban J connectivity index is 1.37. The molecule has 0 aliphatic carbocycles. The topological polar surface area (TPSA) is 82.9 Å². The first-order valence-corrected chi connectivity index (χ1v) is 14.0. The molecule has 3 aromatic rings. The Kier molecular flexibility index (Phi) is 9.74. The van der Waals surface area contributed by atoms with Crippen LogP contribution in [0.3, 0.4) is 0 Å². The summed E-state index contributed by atoms with van der Waals surface area (Å²) in [6.07, 6.45) is 5.36. The third-order valence-electron chi connectivity index (χ3n) is 7.64. The summed E-state index contributed by atoms with van der Waals surface area (Å²) in [6.45, 7) is 1.85. The molecule has 2 aromatic carbocycles. The van der Waals surface area contributed by atoms with E-state index in [2.05, 4.69) is 9.88 Å². The second kappa shape index (κ2) is 13.0. The van der Waals surface area contributed by atoms with Crippen molar-refractivity contribution in [2.45, 2.75) is 50.0 Å². The first-order valence-electron chi connectivity index (χ1n) is 13.0. The summed E-state index contributed by atoms with van der Waals surface area (Å²) in [5, 5.41) is 20.5. The maximum Gasteiger partial charge on any atom is 0.303 e. The summed E-state index contributed by atoms with van der Waals surface area (Å²) in [6, 6.07) is 7.02. The van der Waals surface area contributed by atoms with Gasteiger partial charge in [-0.1, -0.05) is 0 Å². The number of benzene rings is 2. The zero-order chi connectivity index (χ0) is 28.0. The monoisotopic (exact) mass is 562 g/mol. The summed E-state index contributed by atoms with van der Waals surface area (Å²) >= 11 is 1.02. The van der Waals surface area contributed by atoms with E-state index in [1.165, 1.54) is 0 Å². The zero-order valence-corrected chi connectivity index (χ0v) is 22.7. The Bertz CT molecular complexity index is 1290. The van der Waals surface area contributed by atoms with Gasteiger partial charge in [-0.25, -0.2) is 13.2 Å². The highest BCUT2D eigenvalue weighted by Crippen LogP contribution is 2.40. The largest absolute Gasteiger partial charge is 0.497 e. The highest BCUT2D eigenvalue weighted by Gasteiger charge is 2.36. The molecule has 0 spiro atoms. The molecule has 4 rings (SSSR count). The number of thioether (sulfide) groups is 1. The van der Waals surface area contributed by atoms with Gasteiger partial charge in [-0.2, -0.15) is 0 Å². The first-order chi connectivity index (χ1) is 18.7. The van der Waals surface area contributed by atoms with Crippen molar-refractivity contribution >= 4 is 28.6 Å². The third-order valence-corrected chi connectivity index (χ3v) is 8.71. The van der Waals surface area contributed by atoms with E-state index >= 15 is 0 Å². The van der Waals surface area contributed by atoms with E-state index in [9.17, 15) is 28.2 Å². The number of nitrogens with zero attached hydrogens (tertiary/aromatic N) is 2. The smallest absolute Gasteiger partial charge is 0.303 e. The second-order valence-electron chi connectivity index (χ2n) is 10.1. The van der Waals surface area contributed by atoms with E-state index in [0.717, 1.165) is 46.6 Å². The number of methoxy groups -OCH3 is 1. The lowest BCUT2D eigenvalue weighted by atomic mass is 9.72. The van der Waals surface area contributed by atoms with Crippen molar-refractivity contribution in [1.82, 2.24) is 9.88 Å². The maximum absolute atomic E-state index is 13.9. The van der Waals surface area contributed by atoms with Crippen LogP contribution in [-0.2, 0) is 17.8 Å². The predicted octanol–water partition coefficient (Wildman–Crippen LogP) is 5.82. The van der Waals surface area contributed by atoms with Crippen molar-refractivity contribution in [2.24, 2.45) is 5.41 Å². The number of piperidine rings is 1. The van der Waals surface area contributed by atoms with Gasteiger partial charge in [-0.15, -0.1) is 11.8 Å².